The maximum absolute atomic E-state index is 9.59. The van der Waals surface area contributed by atoms with E-state index < -0.39 is 0 Å². The van der Waals surface area contributed by atoms with Crippen LogP contribution in [0.2, 0.25) is 0 Å². The molecule has 152 valence electrons. The Kier molecular flexibility index (Phi) is 3.93. The van der Waals surface area contributed by atoms with Gasteiger partial charge < -0.3 is 0 Å². The van der Waals surface area contributed by atoms with Crippen LogP contribution in [0.4, 0.5) is 0 Å². The lowest BCUT2D eigenvalue weighted by atomic mass is 9.98. The summed E-state index contributed by atoms with van der Waals surface area (Å²) in [5.74, 6) is 0. The maximum atomic E-state index is 9.59. The smallest absolute Gasteiger partial charge is 0.138 e. The fraction of sp³-hybridized carbons (Fsp3) is 0. The molecule has 0 spiro atoms. The molecule has 6 rings (SSSR count). The third-order valence-corrected chi connectivity index (χ3v) is 6.30. The summed E-state index contributed by atoms with van der Waals surface area (Å²) in [6, 6.07) is 23.3. The van der Waals surface area contributed by atoms with Gasteiger partial charge in [0.05, 0.1) is 11.0 Å². The zero-order valence-electron chi connectivity index (χ0n) is 17.5. The number of allylic oxidation sites excluding steroid dienone is 2. The number of pyridine rings is 2. The molecule has 2 aromatic carbocycles. The number of fused-ring (bicyclic) bond motifs is 9. The number of aromatic nitrogens is 2. The highest BCUT2D eigenvalue weighted by Gasteiger charge is 2.33. The van der Waals surface area contributed by atoms with Crippen LogP contribution >= 0.6 is 0 Å². The summed E-state index contributed by atoms with van der Waals surface area (Å²) in [4.78, 5) is 9.50. The van der Waals surface area contributed by atoms with Crippen LogP contribution in [0, 0.1) is 45.3 Å². The predicted octanol–water partition coefficient (Wildman–Crippen LogP) is 5.29. The van der Waals surface area contributed by atoms with Gasteiger partial charge in [-0.1, -0.05) is 48.5 Å². The van der Waals surface area contributed by atoms with E-state index in [1.165, 1.54) is 0 Å². The van der Waals surface area contributed by atoms with Crippen molar-refractivity contribution in [1.29, 1.82) is 21.0 Å². The SMILES string of the molecule is N#CC(C#N)=C1c2ccccc2-c2c1cnc1c3c(cnc21)C(=C(C#N)C#N)c1ccccc1-3. The molecule has 0 saturated carbocycles. The van der Waals surface area contributed by atoms with Crippen molar-refractivity contribution < 1.29 is 0 Å². The molecule has 0 aliphatic heterocycles. The number of rotatable bonds is 0. The fourth-order valence-electron chi connectivity index (χ4n) is 5.00. The zero-order valence-corrected chi connectivity index (χ0v) is 17.5. The second-order valence-corrected chi connectivity index (χ2v) is 7.83. The average Bonchev–Trinajstić information content (AvgIpc) is 3.40. The molecule has 2 heterocycles. The Balaban J connectivity index is 1.79. The van der Waals surface area contributed by atoms with Crippen LogP contribution < -0.4 is 0 Å². The molecular formula is C28H10N6. The van der Waals surface area contributed by atoms with Gasteiger partial charge in [-0.25, -0.2) is 0 Å². The molecule has 6 nitrogen and oxygen atoms in total. The lowest BCUT2D eigenvalue weighted by Crippen LogP contribution is -1.95. The first-order chi connectivity index (χ1) is 16.7. The van der Waals surface area contributed by atoms with Gasteiger partial charge in [0.25, 0.3) is 0 Å². The molecule has 0 saturated heterocycles. The van der Waals surface area contributed by atoms with Crippen molar-refractivity contribution in [3.05, 3.63) is 94.3 Å². The Hall–Kier alpha value is -5.56. The predicted molar refractivity (Wildman–Crippen MR) is 125 cm³/mol. The van der Waals surface area contributed by atoms with Crippen molar-refractivity contribution in [1.82, 2.24) is 9.97 Å². The van der Waals surface area contributed by atoms with Gasteiger partial charge in [0, 0.05) is 45.8 Å². The van der Waals surface area contributed by atoms with E-state index in [4.69, 9.17) is 9.97 Å². The summed E-state index contributed by atoms with van der Waals surface area (Å²) in [6.07, 6.45) is 3.37. The monoisotopic (exact) mass is 430 g/mol. The van der Waals surface area contributed by atoms with E-state index in [1.807, 2.05) is 72.8 Å². The largest absolute Gasteiger partial charge is 0.253 e. The molecule has 2 aliphatic rings. The summed E-state index contributed by atoms with van der Waals surface area (Å²) >= 11 is 0. The van der Waals surface area contributed by atoms with E-state index in [0.29, 0.717) is 33.3 Å². The Morgan fingerprint density at radius 3 is 1.21 bits per heavy atom. The second-order valence-electron chi connectivity index (χ2n) is 7.83. The first kappa shape index (κ1) is 19.1. The van der Waals surface area contributed by atoms with E-state index in [1.54, 1.807) is 12.4 Å². The Morgan fingerprint density at radius 2 is 0.853 bits per heavy atom. The van der Waals surface area contributed by atoms with E-state index in [-0.39, 0.29) is 11.1 Å². The molecule has 0 N–H and O–H groups in total. The van der Waals surface area contributed by atoms with Crippen molar-refractivity contribution in [3.63, 3.8) is 0 Å². The van der Waals surface area contributed by atoms with Gasteiger partial charge in [0.1, 0.15) is 35.4 Å². The van der Waals surface area contributed by atoms with Crippen molar-refractivity contribution >= 4 is 22.2 Å². The highest BCUT2D eigenvalue weighted by molar-refractivity contribution is 6.16. The molecule has 6 heteroatoms. The molecule has 34 heavy (non-hydrogen) atoms. The van der Waals surface area contributed by atoms with E-state index in [0.717, 1.165) is 33.4 Å². The second kappa shape index (κ2) is 6.98. The molecule has 2 aliphatic carbocycles. The van der Waals surface area contributed by atoms with Gasteiger partial charge in [-0.2, -0.15) is 21.0 Å². The normalized spacial score (nSPS) is 11.9. The molecule has 0 radical (unpaired) electrons. The van der Waals surface area contributed by atoms with Gasteiger partial charge in [0.2, 0.25) is 0 Å². The zero-order chi connectivity index (χ0) is 23.4. The van der Waals surface area contributed by atoms with E-state index in [9.17, 15) is 21.0 Å². The van der Waals surface area contributed by atoms with E-state index >= 15 is 0 Å². The Morgan fingerprint density at radius 1 is 0.500 bits per heavy atom. The number of benzene rings is 2. The number of nitrogens with zero attached hydrogens (tertiary/aromatic N) is 6. The average molecular weight is 430 g/mol. The minimum atomic E-state index is 0.0248. The van der Waals surface area contributed by atoms with Crippen molar-refractivity contribution in [2.24, 2.45) is 0 Å². The summed E-state index contributed by atoms with van der Waals surface area (Å²) in [5, 5.41) is 38.4. The highest BCUT2D eigenvalue weighted by Crippen LogP contribution is 2.52. The summed E-state index contributed by atoms with van der Waals surface area (Å²) in [5.41, 5.74) is 8.82. The van der Waals surface area contributed by atoms with Gasteiger partial charge >= 0.3 is 0 Å². The highest BCUT2D eigenvalue weighted by atomic mass is 14.8. The first-order valence-corrected chi connectivity index (χ1v) is 10.3. The minimum Gasteiger partial charge on any atom is -0.253 e. The minimum absolute atomic E-state index is 0.0248. The molecule has 0 bridgehead atoms. The van der Waals surface area contributed by atoms with Gasteiger partial charge in [-0.05, 0) is 22.3 Å². The van der Waals surface area contributed by atoms with Crippen molar-refractivity contribution in [2.45, 2.75) is 0 Å². The van der Waals surface area contributed by atoms with Gasteiger partial charge in [-0.3, -0.25) is 9.97 Å². The quantitative estimate of drug-likeness (QED) is 0.302. The molecule has 0 amide bonds. The number of hydrogen-bond donors (Lipinski definition) is 0. The topological polar surface area (TPSA) is 121 Å². The van der Waals surface area contributed by atoms with Crippen LogP contribution in [0.25, 0.3) is 44.4 Å². The third kappa shape index (κ3) is 2.29. The van der Waals surface area contributed by atoms with Crippen LogP contribution in [0.5, 0.6) is 0 Å². The van der Waals surface area contributed by atoms with Crippen LogP contribution in [0.15, 0.2) is 72.1 Å². The fourth-order valence-corrected chi connectivity index (χ4v) is 5.00. The molecule has 2 aromatic heterocycles. The number of nitriles is 4. The van der Waals surface area contributed by atoms with Crippen LogP contribution in [0.3, 0.4) is 0 Å². The molecule has 0 fully saturated rings. The summed E-state index contributed by atoms with van der Waals surface area (Å²) in [7, 11) is 0. The standard InChI is InChI=1S/C28H10N6/c29-9-15(10-30)23-17-5-1-3-7-19(17)25-21(23)13-33-28-26-20-8-4-2-6-18(20)24(16(11-31)12-32)22(26)14-34-27(25)28/h1-8,13-14H. The summed E-state index contributed by atoms with van der Waals surface area (Å²) in [6.45, 7) is 0. The van der Waals surface area contributed by atoms with Gasteiger partial charge in [-0.15, -0.1) is 0 Å². The molecule has 0 atom stereocenters. The lowest BCUT2D eigenvalue weighted by molar-refractivity contribution is 1.32. The van der Waals surface area contributed by atoms with Crippen molar-refractivity contribution in [3.8, 4) is 46.5 Å². The van der Waals surface area contributed by atoms with Crippen LogP contribution in [0.1, 0.15) is 22.3 Å². The van der Waals surface area contributed by atoms with Gasteiger partial charge in [0.15, 0.2) is 0 Å². The van der Waals surface area contributed by atoms with Crippen LogP contribution in [-0.4, -0.2) is 9.97 Å². The molecule has 0 unspecified atom stereocenters. The van der Waals surface area contributed by atoms with E-state index in [2.05, 4.69) is 0 Å². The molecule has 4 aromatic rings. The maximum Gasteiger partial charge on any atom is 0.138 e. The number of hydrogen-bond acceptors (Lipinski definition) is 6. The Labute approximate surface area is 194 Å². The lowest BCUT2D eigenvalue weighted by Gasteiger charge is -2.10. The van der Waals surface area contributed by atoms with Crippen molar-refractivity contribution in [2.75, 3.05) is 0 Å². The Bertz CT molecular complexity index is 1680. The van der Waals surface area contributed by atoms with Crippen LogP contribution in [-0.2, 0) is 0 Å². The first-order valence-electron chi connectivity index (χ1n) is 10.3. The molecular weight excluding hydrogens is 420 g/mol. The third-order valence-electron chi connectivity index (χ3n) is 6.30. The summed E-state index contributed by atoms with van der Waals surface area (Å²) < 4.78 is 0.